The summed E-state index contributed by atoms with van der Waals surface area (Å²) < 4.78 is 23.8. The lowest BCUT2D eigenvalue weighted by Gasteiger charge is -2.34. The second kappa shape index (κ2) is 13.1. The number of allylic oxidation sites excluding steroid dienone is 1. The molecule has 1 atom stereocenters. The zero-order valence-electron chi connectivity index (χ0n) is 26.0. The second-order valence-corrected chi connectivity index (χ2v) is 11.6. The summed E-state index contributed by atoms with van der Waals surface area (Å²) in [4.78, 5) is 48.3. The van der Waals surface area contributed by atoms with Crippen molar-refractivity contribution in [3.8, 4) is 17.2 Å². The smallest absolute Gasteiger partial charge is 0.338 e. The fourth-order valence-corrected chi connectivity index (χ4v) is 6.65. The van der Waals surface area contributed by atoms with E-state index in [1.807, 2.05) is 7.05 Å². The number of nitro benzene ring substituents is 1. The van der Waals surface area contributed by atoms with Crippen molar-refractivity contribution in [2.45, 2.75) is 19.9 Å². The van der Waals surface area contributed by atoms with Gasteiger partial charge in [0, 0.05) is 49.6 Å². The normalized spacial score (nSPS) is 17.1. The van der Waals surface area contributed by atoms with Crippen molar-refractivity contribution >= 4 is 34.8 Å². The van der Waals surface area contributed by atoms with Crippen LogP contribution in [0.5, 0.6) is 17.2 Å². The molecule has 0 spiro atoms. The Labute approximate surface area is 263 Å². The number of anilines is 1. The lowest BCUT2D eigenvalue weighted by molar-refractivity contribution is -0.384. The van der Waals surface area contributed by atoms with Gasteiger partial charge in [0.25, 0.3) is 11.2 Å². The molecule has 0 radical (unpaired) electrons. The third-order valence-electron chi connectivity index (χ3n) is 7.87. The molecule has 1 unspecified atom stereocenters. The Morgan fingerprint density at radius 1 is 1.09 bits per heavy atom. The number of non-ortho nitro benzene ring substituents is 1. The van der Waals surface area contributed by atoms with Crippen molar-refractivity contribution in [2.24, 2.45) is 4.99 Å². The number of piperazine rings is 1. The molecule has 0 aliphatic carbocycles. The van der Waals surface area contributed by atoms with E-state index in [2.05, 4.69) is 14.8 Å². The molecule has 238 valence electrons. The maximum Gasteiger partial charge on any atom is 0.338 e. The molecule has 14 heteroatoms. The Morgan fingerprint density at radius 2 is 1.76 bits per heavy atom. The van der Waals surface area contributed by atoms with Crippen LogP contribution >= 0.6 is 11.3 Å². The van der Waals surface area contributed by atoms with Gasteiger partial charge in [-0.2, -0.15) is 0 Å². The summed E-state index contributed by atoms with van der Waals surface area (Å²) in [6, 6.07) is 7.14. The van der Waals surface area contributed by atoms with Crippen molar-refractivity contribution in [3.63, 3.8) is 0 Å². The van der Waals surface area contributed by atoms with Crippen LogP contribution in [-0.4, -0.2) is 81.5 Å². The van der Waals surface area contributed by atoms with Crippen molar-refractivity contribution in [2.75, 3.05) is 66.1 Å². The number of nitro groups is 1. The fraction of sp³-hybridized carbons (Fsp3) is 0.387. The number of benzene rings is 2. The molecule has 13 nitrogen and oxygen atoms in total. The van der Waals surface area contributed by atoms with E-state index in [1.54, 1.807) is 38.1 Å². The number of fused-ring (bicyclic) bond motifs is 1. The first-order valence-electron chi connectivity index (χ1n) is 14.3. The highest BCUT2D eigenvalue weighted by Crippen LogP contribution is 2.42. The van der Waals surface area contributed by atoms with Crippen LogP contribution < -0.4 is 34.0 Å². The summed E-state index contributed by atoms with van der Waals surface area (Å²) in [5.74, 6) is 0.444. The van der Waals surface area contributed by atoms with Gasteiger partial charge in [0.1, 0.15) is 0 Å². The Hall–Kier alpha value is -4.69. The van der Waals surface area contributed by atoms with E-state index >= 15 is 0 Å². The van der Waals surface area contributed by atoms with E-state index in [0.29, 0.717) is 43.4 Å². The molecule has 0 saturated carbocycles. The number of aromatic nitrogens is 1. The molecule has 1 aromatic heterocycles. The Kier molecular flexibility index (Phi) is 9.25. The quantitative estimate of drug-likeness (QED) is 0.195. The largest absolute Gasteiger partial charge is 0.493 e. The summed E-state index contributed by atoms with van der Waals surface area (Å²) in [6.07, 6.45) is 1.67. The minimum absolute atomic E-state index is 0.0809. The molecule has 45 heavy (non-hydrogen) atoms. The third kappa shape index (κ3) is 6.02. The Bertz CT molecular complexity index is 1830. The summed E-state index contributed by atoms with van der Waals surface area (Å²) >= 11 is 1.14. The van der Waals surface area contributed by atoms with Crippen LogP contribution in [0.3, 0.4) is 0 Å². The first kappa shape index (κ1) is 31.7. The summed E-state index contributed by atoms with van der Waals surface area (Å²) in [5, 5.41) is 11.7. The molecule has 1 saturated heterocycles. The van der Waals surface area contributed by atoms with Crippen LogP contribution in [0.4, 0.5) is 11.4 Å². The number of ether oxygens (including phenoxy) is 4. The van der Waals surface area contributed by atoms with Crippen molar-refractivity contribution < 1.29 is 28.7 Å². The van der Waals surface area contributed by atoms with Gasteiger partial charge in [-0.3, -0.25) is 19.5 Å². The van der Waals surface area contributed by atoms with E-state index in [0.717, 1.165) is 43.2 Å². The lowest BCUT2D eigenvalue weighted by Crippen LogP contribution is -2.44. The van der Waals surface area contributed by atoms with Crippen LogP contribution in [0.2, 0.25) is 0 Å². The zero-order chi connectivity index (χ0) is 32.4. The number of rotatable bonds is 9. The molecule has 2 aliphatic heterocycles. The number of carbonyl (C=O) groups excluding carboxylic acids is 1. The van der Waals surface area contributed by atoms with Crippen LogP contribution in [0.15, 0.2) is 51.4 Å². The monoisotopic (exact) mass is 637 g/mol. The number of nitrogens with zero attached hydrogens (tertiary/aromatic N) is 5. The van der Waals surface area contributed by atoms with Gasteiger partial charge >= 0.3 is 5.97 Å². The first-order chi connectivity index (χ1) is 21.6. The minimum atomic E-state index is -0.932. The number of likely N-dealkylation sites (N-methyl/N-ethyl adjacent to an activating group) is 1. The van der Waals surface area contributed by atoms with Crippen molar-refractivity contribution in [3.05, 3.63) is 82.5 Å². The van der Waals surface area contributed by atoms with E-state index in [9.17, 15) is 19.7 Å². The molecular weight excluding hydrogens is 602 g/mol. The van der Waals surface area contributed by atoms with Gasteiger partial charge in [0.15, 0.2) is 16.3 Å². The number of hydrogen-bond acceptors (Lipinski definition) is 12. The van der Waals surface area contributed by atoms with Gasteiger partial charge < -0.3 is 28.7 Å². The predicted octanol–water partition coefficient (Wildman–Crippen LogP) is 2.48. The standard InChI is InChI=1S/C31H35N5O8S/c1-7-44-30(38)26-18(2)32-31-35(27(26)20-15-23(41-4)28(43-6)24(16-20)42-5)29(37)25(45-31)17-19-14-21(36(39)40)8-9-22(19)34-12-10-33(3)11-13-34/h8-9,14-17,27H,7,10-13H2,1-6H3/b25-17+. The molecule has 2 aromatic carbocycles. The highest BCUT2D eigenvalue weighted by molar-refractivity contribution is 7.07. The van der Waals surface area contributed by atoms with Crippen LogP contribution in [0.1, 0.15) is 31.0 Å². The maximum absolute atomic E-state index is 14.3. The Morgan fingerprint density at radius 3 is 2.33 bits per heavy atom. The van der Waals surface area contributed by atoms with Crippen molar-refractivity contribution in [1.29, 1.82) is 0 Å². The number of thiazole rings is 1. The molecule has 0 amide bonds. The lowest BCUT2D eigenvalue weighted by atomic mass is 9.95. The van der Waals surface area contributed by atoms with E-state index in [1.165, 1.54) is 38.0 Å². The van der Waals surface area contributed by atoms with Gasteiger partial charge in [-0.05, 0) is 50.7 Å². The summed E-state index contributed by atoms with van der Waals surface area (Å²) in [5.41, 5.74) is 1.95. The van der Waals surface area contributed by atoms with Gasteiger partial charge in [-0.1, -0.05) is 11.3 Å². The topological polar surface area (TPSA) is 138 Å². The molecule has 5 rings (SSSR count). The molecule has 3 heterocycles. The zero-order valence-corrected chi connectivity index (χ0v) is 26.8. The first-order valence-corrected chi connectivity index (χ1v) is 15.1. The fourth-order valence-electron chi connectivity index (χ4n) is 5.61. The number of carbonyl (C=O) groups is 1. The Balaban J connectivity index is 1.75. The highest BCUT2D eigenvalue weighted by atomic mass is 32.1. The van der Waals surface area contributed by atoms with Crippen LogP contribution in [0.25, 0.3) is 6.08 Å². The molecule has 2 aliphatic rings. The van der Waals surface area contributed by atoms with Gasteiger partial charge in [-0.15, -0.1) is 0 Å². The summed E-state index contributed by atoms with van der Waals surface area (Å²) in [7, 11) is 6.50. The van der Waals surface area contributed by atoms with Gasteiger partial charge in [0.2, 0.25) is 5.75 Å². The highest BCUT2D eigenvalue weighted by Gasteiger charge is 2.35. The SMILES string of the molecule is CCOC(=O)C1=C(C)N=c2s/c(=C/c3cc([N+](=O)[O-])ccc3N3CCN(C)CC3)c(=O)n2C1c1cc(OC)c(OC)c(OC)c1. The van der Waals surface area contributed by atoms with Crippen molar-refractivity contribution in [1.82, 2.24) is 9.47 Å². The third-order valence-corrected chi connectivity index (χ3v) is 8.86. The maximum atomic E-state index is 14.3. The molecule has 1 fully saturated rings. The molecule has 0 N–H and O–H groups in total. The molecule has 0 bridgehead atoms. The molecular formula is C31H35N5O8S. The minimum Gasteiger partial charge on any atom is -0.493 e. The van der Waals surface area contributed by atoms with Crippen LogP contribution in [-0.2, 0) is 9.53 Å². The van der Waals surface area contributed by atoms with E-state index < -0.39 is 22.5 Å². The average molecular weight is 638 g/mol. The van der Waals surface area contributed by atoms with Gasteiger partial charge in [0.05, 0.1) is 54.7 Å². The van der Waals surface area contributed by atoms with E-state index in [4.69, 9.17) is 18.9 Å². The number of hydrogen-bond donors (Lipinski definition) is 0. The van der Waals surface area contributed by atoms with E-state index in [-0.39, 0.29) is 17.9 Å². The number of methoxy groups -OCH3 is 3. The van der Waals surface area contributed by atoms with Gasteiger partial charge in [-0.25, -0.2) is 9.79 Å². The predicted molar refractivity (Wildman–Crippen MR) is 169 cm³/mol. The average Bonchev–Trinajstić information content (AvgIpc) is 3.33. The number of esters is 1. The summed E-state index contributed by atoms with van der Waals surface area (Å²) in [6.45, 7) is 6.67. The second-order valence-electron chi connectivity index (χ2n) is 10.6. The van der Waals surface area contributed by atoms with Crippen LogP contribution in [0, 0.1) is 10.1 Å². The molecule has 3 aromatic rings.